The highest BCUT2D eigenvalue weighted by atomic mass is 16.6. The second-order valence-corrected chi connectivity index (χ2v) is 4.64. The highest BCUT2D eigenvalue weighted by Crippen LogP contribution is 2.26. The molecule has 1 saturated carbocycles. The van der Waals surface area contributed by atoms with Crippen molar-refractivity contribution >= 4 is 17.7 Å². The van der Waals surface area contributed by atoms with Crippen LogP contribution in [0.4, 0.5) is 0 Å². The van der Waals surface area contributed by atoms with Crippen LogP contribution >= 0.6 is 0 Å². The summed E-state index contributed by atoms with van der Waals surface area (Å²) in [5.74, 6) is -1.83. The Morgan fingerprint density at radius 3 is 2.35 bits per heavy atom. The van der Waals surface area contributed by atoms with Crippen LogP contribution in [0, 0.1) is 5.92 Å². The average Bonchev–Trinajstić information content (AvgIpc) is 2.30. The van der Waals surface area contributed by atoms with Gasteiger partial charge in [-0.1, -0.05) is 26.2 Å². The molecule has 1 aliphatic rings. The minimum atomic E-state index is -0.993. The molecular formula is C13H20O4. The van der Waals surface area contributed by atoms with Gasteiger partial charge in [0.05, 0.1) is 0 Å². The lowest BCUT2D eigenvalue weighted by molar-refractivity contribution is -0.164. The number of hydrogen-bond acceptors (Lipinski definition) is 4. The normalized spacial score (nSPS) is 16.5. The molecule has 4 nitrogen and oxygen atoms in total. The van der Waals surface area contributed by atoms with Gasteiger partial charge >= 0.3 is 11.9 Å². The fourth-order valence-corrected chi connectivity index (χ4v) is 2.16. The standard InChI is InChI=1S/C13H20O4/c1-2-6-11(14)13(16)17-12(15)9-10-7-4-3-5-8-10/h10H,2-9H2,1H3. The monoisotopic (exact) mass is 240 g/mol. The zero-order valence-electron chi connectivity index (χ0n) is 10.4. The number of ketones is 1. The summed E-state index contributed by atoms with van der Waals surface area (Å²) in [5, 5.41) is 0. The molecule has 1 aliphatic carbocycles. The Kier molecular flexibility index (Phi) is 5.87. The third-order valence-corrected chi connectivity index (χ3v) is 3.09. The van der Waals surface area contributed by atoms with Crippen molar-refractivity contribution in [1.82, 2.24) is 0 Å². The van der Waals surface area contributed by atoms with Gasteiger partial charge in [0.15, 0.2) is 0 Å². The van der Waals surface area contributed by atoms with Crippen molar-refractivity contribution in [3.63, 3.8) is 0 Å². The second kappa shape index (κ2) is 7.20. The van der Waals surface area contributed by atoms with E-state index in [2.05, 4.69) is 4.74 Å². The molecule has 0 amide bonds. The van der Waals surface area contributed by atoms with Crippen molar-refractivity contribution in [1.29, 1.82) is 0 Å². The van der Waals surface area contributed by atoms with Gasteiger partial charge in [-0.3, -0.25) is 9.59 Å². The topological polar surface area (TPSA) is 60.4 Å². The van der Waals surface area contributed by atoms with E-state index in [-0.39, 0.29) is 12.8 Å². The smallest absolute Gasteiger partial charge is 0.382 e. The molecule has 0 aliphatic heterocycles. The van der Waals surface area contributed by atoms with Crippen LogP contribution in [0.25, 0.3) is 0 Å². The van der Waals surface area contributed by atoms with Crippen LogP contribution < -0.4 is 0 Å². The number of carbonyl (C=O) groups is 3. The number of ether oxygens (including phenoxy) is 1. The Morgan fingerprint density at radius 2 is 1.76 bits per heavy atom. The molecular weight excluding hydrogens is 220 g/mol. The first kappa shape index (κ1) is 13.9. The minimum absolute atomic E-state index is 0.148. The van der Waals surface area contributed by atoms with Gasteiger partial charge in [-0.2, -0.15) is 0 Å². The van der Waals surface area contributed by atoms with Gasteiger partial charge in [-0.05, 0) is 25.2 Å². The molecule has 1 rings (SSSR count). The van der Waals surface area contributed by atoms with Gasteiger partial charge in [0.1, 0.15) is 0 Å². The molecule has 4 heteroatoms. The highest BCUT2D eigenvalue weighted by molar-refractivity contribution is 6.35. The van der Waals surface area contributed by atoms with Crippen molar-refractivity contribution in [2.75, 3.05) is 0 Å². The van der Waals surface area contributed by atoms with Crippen molar-refractivity contribution in [3.8, 4) is 0 Å². The van der Waals surface area contributed by atoms with Crippen LogP contribution in [0.15, 0.2) is 0 Å². The van der Waals surface area contributed by atoms with E-state index in [0.717, 1.165) is 25.7 Å². The third-order valence-electron chi connectivity index (χ3n) is 3.09. The van der Waals surface area contributed by atoms with Crippen LogP contribution in [0.3, 0.4) is 0 Å². The number of rotatable bonds is 5. The van der Waals surface area contributed by atoms with E-state index < -0.39 is 17.7 Å². The summed E-state index contributed by atoms with van der Waals surface area (Å²) in [5.41, 5.74) is 0. The van der Waals surface area contributed by atoms with Crippen LogP contribution in [-0.4, -0.2) is 17.7 Å². The number of hydrogen-bond donors (Lipinski definition) is 0. The van der Waals surface area contributed by atoms with Crippen molar-refractivity contribution in [3.05, 3.63) is 0 Å². The fraction of sp³-hybridized carbons (Fsp3) is 0.769. The first-order valence-corrected chi connectivity index (χ1v) is 6.41. The largest absolute Gasteiger partial charge is 0.387 e. The average molecular weight is 240 g/mol. The van der Waals surface area contributed by atoms with E-state index in [1.165, 1.54) is 6.42 Å². The molecule has 0 atom stereocenters. The Balaban J connectivity index is 2.28. The van der Waals surface area contributed by atoms with Crippen molar-refractivity contribution < 1.29 is 19.1 Å². The van der Waals surface area contributed by atoms with E-state index in [4.69, 9.17) is 0 Å². The van der Waals surface area contributed by atoms with Gasteiger partial charge in [0.2, 0.25) is 5.78 Å². The van der Waals surface area contributed by atoms with E-state index in [9.17, 15) is 14.4 Å². The second-order valence-electron chi connectivity index (χ2n) is 4.64. The number of Topliss-reactive ketones (excluding diaryl/α,β-unsaturated/α-hetero) is 1. The first-order valence-electron chi connectivity index (χ1n) is 6.41. The van der Waals surface area contributed by atoms with E-state index in [1.807, 2.05) is 0 Å². The lowest BCUT2D eigenvalue weighted by Crippen LogP contribution is -2.23. The lowest BCUT2D eigenvalue weighted by Gasteiger charge is -2.19. The summed E-state index contributed by atoms with van der Waals surface area (Å²) in [4.78, 5) is 33.8. The molecule has 0 saturated heterocycles. The Hall–Kier alpha value is -1.19. The van der Waals surface area contributed by atoms with E-state index in [1.54, 1.807) is 6.92 Å². The molecule has 0 radical (unpaired) electrons. The molecule has 17 heavy (non-hydrogen) atoms. The molecule has 0 heterocycles. The molecule has 0 unspecified atom stereocenters. The predicted octanol–water partition coefficient (Wildman–Crippen LogP) is 2.40. The van der Waals surface area contributed by atoms with Crippen LogP contribution in [0.5, 0.6) is 0 Å². The Bertz CT molecular complexity index is 290. The summed E-state index contributed by atoms with van der Waals surface area (Å²) in [6, 6.07) is 0. The molecule has 96 valence electrons. The summed E-state index contributed by atoms with van der Waals surface area (Å²) in [6.45, 7) is 1.80. The summed E-state index contributed by atoms with van der Waals surface area (Å²) >= 11 is 0. The first-order chi connectivity index (χ1) is 8.13. The number of carbonyl (C=O) groups excluding carboxylic acids is 3. The maximum absolute atomic E-state index is 11.4. The molecule has 0 N–H and O–H groups in total. The van der Waals surface area contributed by atoms with Crippen LogP contribution in [0.2, 0.25) is 0 Å². The zero-order valence-corrected chi connectivity index (χ0v) is 10.4. The maximum Gasteiger partial charge on any atom is 0.382 e. The van der Waals surface area contributed by atoms with Gasteiger partial charge in [0.25, 0.3) is 0 Å². The van der Waals surface area contributed by atoms with Gasteiger partial charge < -0.3 is 4.74 Å². The van der Waals surface area contributed by atoms with E-state index in [0.29, 0.717) is 12.3 Å². The SMILES string of the molecule is CCCC(=O)C(=O)OC(=O)CC1CCCCC1. The van der Waals surface area contributed by atoms with Gasteiger partial charge in [-0.15, -0.1) is 0 Å². The summed E-state index contributed by atoms with van der Waals surface area (Å²) < 4.78 is 4.54. The van der Waals surface area contributed by atoms with Gasteiger partial charge in [0, 0.05) is 12.8 Å². The van der Waals surface area contributed by atoms with Crippen LogP contribution in [0.1, 0.15) is 58.3 Å². The zero-order chi connectivity index (χ0) is 12.7. The van der Waals surface area contributed by atoms with Crippen LogP contribution in [-0.2, 0) is 19.1 Å². The molecule has 0 aromatic heterocycles. The Morgan fingerprint density at radius 1 is 1.12 bits per heavy atom. The molecule has 0 aromatic rings. The quantitative estimate of drug-likeness (QED) is 0.420. The maximum atomic E-state index is 11.4. The highest BCUT2D eigenvalue weighted by Gasteiger charge is 2.22. The summed E-state index contributed by atoms with van der Waals surface area (Å²) in [7, 11) is 0. The fourth-order valence-electron chi connectivity index (χ4n) is 2.16. The Labute approximate surface area is 102 Å². The summed E-state index contributed by atoms with van der Waals surface area (Å²) in [6.07, 6.45) is 6.55. The molecule has 0 spiro atoms. The number of esters is 2. The van der Waals surface area contributed by atoms with Crippen molar-refractivity contribution in [2.45, 2.75) is 58.3 Å². The third kappa shape index (κ3) is 5.11. The molecule has 0 aromatic carbocycles. The minimum Gasteiger partial charge on any atom is -0.387 e. The van der Waals surface area contributed by atoms with E-state index >= 15 is 0 Å². The molecule has 1 fully saturated rings. The van der Waals surface area contributed by atoms with Gasteiger partial charge in [-0.25, -0.2) is 4.79 Å². The van der Waals surface area contributed by atoms with Crippen molar-refractivity contribution in [2.24, 2.45) is 5.92 Å². The predicted molar refractivity (Wildman–Crippen MR) is 62.2 cm³/mol. The molecule has 0 bridgehead atoms. The lowest BCUT2D eigenvalue weighted by atomic mass is 9.87.